The highest BCUT2D eigenvalue weighted by Crippen LogP contribution is 2.14. The summed E-state index contributed by atoms with van der Waals surface area (Å²) in [7, 11) is 0. The SMILES string of the molecule is CCCCCCCCCCCC(=O)OCC(COC(=O)CCCCCCCCCCC)CC(=O)/C=C/C(=O)[O-]. The molecular formula is C32H55O7-. The van der Waals surface area contributed by atoms with Crippen molar-refractivity contribution in [1.82, 2.24) is 0 Å². The van der Waals surface area contributed by atoms with Crippen LogP contribution >= 0.6 is 0 Å². The largest absolute Gasteiger partial charge is 0.545 e. The quantitative estimate of drug-likeness (QED) is 0.0597. The van der Waals surface area contributed by atoms with Crippen molar-refractivity contribution in [3.8, 4) is 0 Å². The molecular weight excluding hydrogens is 496 g/mol. The van der Waals surface area contributed by atoms with Gasteiger partial charge in [-0.3, -0.25) is 14.4 Å². The Morgan fingerprint density at radius 3 is 1.28 bits per heavy atom. The Morgan fingerprint density at radius 1 is 0.564 bits per heavy atom. The first kappa shape index (κ1) is 36.8. The molecule has 0 aliphatic rings. The molecule has 226 valence electrons. The zero-order valence-corrected chi connectivity index (χ0v) is 24.9. The lowest BCUT2D eigenvalue weighted by Crippen LogP contribution is -2.23. The van der Waals surface area contributed by atoms with Crippen LogP contribution in [0.5, 0.6) is 0 Å². The molecule has 0 fully saturated rings. The van der Waals surface area contributed by atoms with E-state index in [0.29, 0.717) is 18.9 Å². The van der Waals surface area contributed by atoms with Crippen LogP contribution in [0.2, 0.25) is 0 Å². The Kier molecular flexibility index (Phi) is 25.9. The number of ketones is 1. The average molecular weight is 552 g/mol. The van der Waals surface area contributed by atoms with E-state index >= 15 is 0 Å². The zero-order chi connectivity index (χ0) is 29.0. The molecule has 0 heterocycles. The Morgan fingerprint density at radius 2 is 0.923 bits per heavy atom. The van der Waals surface area contributed by atoms with Crippen LogP contribution in [0.1, 0.15) is 149 Å². The molecule has 0 unspecified atom stereocenters. The van der Waals surface area contributed by atoms with Crippen molar-refractivity contribution in [1.29, 1.82) is 0 Å². The van der Waals surface area contributed by atoms with Crippen LogP contribution in [0.4, 0.5) is 0 Å². The van der Waals surface area contributed by atoms with Crippen LogP contribution in [-0.4, -0.2) is 36.9 Å². The molecule has 0 aromatic rings. The predicted octanol–water partition coefficient (Wildman–Crippen LogP) is 6.80. The van der Waals surface area contributed by atoms with E-state index in [9.17, 15) is 24.3 Å². The normalized spacial score (nSPS) is 11.3. The highest BCUT2D eigenvalue weighted by molar-refractivity contribution is 5.94. The van der Waals surface area contributed by atoms with E-state index in [0.717, 1.165) is 44.6 Å². The lowest BCUT2D eigenvalue weighted by atomic mass is 10.0. The molecule has 0 N–H and O–H groups in total. The fourth-order valence-corrected chi connectivity index (χ4v) is 4.41. The maximum Gasteiger partial charge on any atom is 0.305 e. The minimum atomic E-state index is -1.46. The molecule has 0 saturated heterocycles. The molecule has 0 saturated carbocycles. The summed E-state index contributed by atoms with van der Waals surface area (Å²) in [5, 5.41) is 10.6. The van der Waals surface area contributed by atoms with Gasteiger partial charge >= 0.3 is 11.9 Å². The summed E-state index contributed by atoms with van der Waals surface area (Å²) in [6.07, 6.45) is 22.9. The van der Waals surface area contributed by atoms with Gasteiger partial charge in [0.05, 0.1) is 19.2 Å². The number of carboxylic acid groups (broad SMARTS) is 1. The Bertz CT molecular complexity index is 633. The van der Waals surface area contributed by atoms with E-state index in [-0.39, 0.29) is 31.6 Å². The number of unbranched alkanes of at least 4 members (excludes halogenated alkanes) is 16. The standard InChI is InChI=1S/C32H56O7/c1-3-5-7-9-11-13-15-17-19-21-31(36)38-26-28(25-29(33)23-24-30(34)35)27-39-32(37)22-20-18-16-14-12-10-8-6-4-2/h23-24,28H,3-22,25-27H2,1-2H3,(H,34,35)/p-1/b24-23+. The highest BCUT2D eigenvalue weighted by Gasteiger charge is 2.18. The number of allylic oxidation sites excluding steroid dienone is 1. The lowest BCUT2D eigenvalue weighted by molar-refractivity contribution is -0.297. The molecule has 0 atom stereocenters. The first-order chi connectivity index (χ1) is 18.9. The summed E-state index contributed by atoms with van der Waals surface area (Å²) in [5.74, 6) is -3.10. The van der Waals surface area contributed by atoms with Gasteiger partial charge in [0.25, 0.3) is 0 Å². The van der Waals surface area contributed by atoms with E-state index in [1.54, 1.807) is 0 Å². The average Bonchev–Trinajstić information content (AvgIpc) is 2.91. The van der Waals surface area contributed by atoms with Gasteiger partial charge in [0.2, 0.25) is 0 Å². The fraction of sp³-hybridized carbons (Fsp3) is 0.812. The van der Waals surface area contributed by atoms with Gasteiger partial charge in [0.15, 0.2) is 5.78 Å². The van der Waals surface area contributed by atoms with Gasteiger partial charge < -0.3 is 19.4 Å². The Balaban J connectivity index is 4.26. The van der Waals surface area contributed by atoms with E-state index < -0.39 is 17.7 Å². The van der Waals surface area contributed by atoms with Crippen LogP contribution < -0.4 is 5.11 Å². The van der Waals surface area contributed by atoms with Crippen molar-refractivity contribution in [2.45, 2.75) is 149 Å². The first-order valence-electron chi connectivity index (χ1n) is 15.6. The third-order valence-corrected chi connectivity index (χ3v) is 6.82. The van der Waals surface area contributed by atoms with Gasteiger partial charge in [-0.15, -0.1) is 0 Å². The Labute approximate surface area is 237 Å². The van der Waals surface area contributed by atoms with Crippen molar-refractivity contribution in [3.05, 3.63) is 12.2 Å². The summed E-state index contributed by atoms with van der Waals surface area (Å²) in [6, 6.07) is 0. The van der Waals surface area contributed by atoms with Gasteiger partial charge in [-0.05, 0) is 25.0 Å². The van der Waals surface area contributed by atoms with Crippen LogP contribution in [0.3, 0.4) is 0 Å². The third kappa shape index (κ3) is 27.2. The van der Waals surface area contributed by atoms with E-state index in [1.165, 1.54) is 77.0 Å². The second-order valence-corrected chi connectivity index (χ2v) is 10.7. The predicted molar refractivity (Wildman–Crippen MR) is 153 cm³/mol. The second-order valence-electron chi connectivity index (χ2n) is 10.7. The molecule has 0 aliphatic heterocycles. The van der Waals surface area contributed by atoms with Crippen LogP contribution in [0.25, 0.3) is 0 Å². The zero-order valence-electron chi connectivity index (χ0n) is 24.9. The number of esters is 2. The van der Waals surface area contributed by atoms with Gasteiger partial charge in [0.1, 0.15) is 0 Å². The van der Waals surface area contributed by atoms with Crippen molar-refractivity contribution in [3.63, 3.8) is 0 Å². The summed E-state index contributed by atoms with van der Waals surface area (Å²) >= 11 is 0. The van der Waals surface area contributed by atoms with Gasteiger partial charge in [-0.2, -0.15) is 0 Å². The van der Waals surface area contributed by atoms with Crippen LogP contribution in [0.15, 0.2) is 12.2 Å². The number of carbonyl (C=O) groups is 4. The summed E-state index contributed by atoms with van der Waals surface area (Å²) in [4.78, 5) is 47.0. The molecule has 0 spiro atoms. The number of carboxylic acids is 1. The van der Waals surface area contributed by atoms with Gasteiger partial charge in [0, 0.05) is 25.2 Å². The number of hydrogen-bond acceptors (Lipinski definition) is 7. The monoisotopic (exact) mass is 551 g/mol. The van der Waals surface area contributed by atoms with E-state index in [2.05, 4.69) is 13.8 Å². The van der Waals surface area contributed by atoms with Gasteiger partial charge in [-0.1, -0.05) is 117 Å². The fourth-order valence-electron chi connectivity index (χ4n) is 4.41. The smallest absolute Gasteiger partial charge is 0.305 e. The maximum absolute atomic E-state index is 12.2. The molecule has 7 nitrogen and oxygen atoms in total. The molecule has 0 aromatic carbocycles. The topological polar surface area (TPSA) is 110 Å². The number of carbonyl (C=O) groups excluding carboxylic acids is 4. The molecule has 0 amide bonds. The van der Waals surface area contributed by atoms with Crippen molar-refractivity contribution < 1.29 is 33.8 Å². The minimum Gasteiger partial charge on any atom is -0.545 e. The van der Waals surface area contributed by atoms with Gasteiger partial charge in [-0.25, -0.2) is 0 Å². The number of aliphatic carboxylic acids is 1. The molecule has 0 bridgehead atoms. The summed E-state index contributed by atoms with van der Waals surface area (Å²) in [6.45, 7) is 4.32. The molecule has 0 radical (unpaired) electrons. The lowest BCUT2D eigenvalue weighted by Gasteiger charge is -2.16. The van der Waals surface area contributed by atoms with E-state index in [4.69, 9.17) is 9.47 Å². The summed E-state index contributed by atoms with van der Waals surface area (Å²) < 4.78 is 10.7. The molecule has 7 heteroatoms. The molecule has 0 aliphatic carbocycles. The molecule has 0 rings (SSSR count). The van der Waals surface area contributed by atoms with Crippen molar-refractivity contribution in [2.24, 2.45) is 5.92 Å². The minimum absolute atomic E-state index is 0.0491. The molecule has 39 heavy (non-hydrogen) atoms. The van der Waals surface area contributed by atoms with E-state index in [1.807, 2.05) is 0 Å². The second kappa shape index (κ2) is 27.4. The molecule has 0 aromatic heterocycles. The van der Waals surface area contributed by atoms with Crippen molar-refractivity contribution in [2.75, 3.05) is 13.2 Å². The number of hydrogen-bond donors (Lipinski definition) is 0. The Hall–Kier alpha value is -2.18. The third-order valence-electron chi connectivity index (χ3n) is 6.82. The summed E-state index contributed by atoms with van der Waals surface area (Å²) in [5.41, 5.74) is 0. The number of ether oxygens (including phenoxy) is 2. The van der Waals surface area contributed by atoms with Crippen LogP contribution in [-0.2, 0) is 28.7 Å². The number of rotatable bonds is 28. The first-order valence-corrected chi connectivity index (χ1v) is 15.6. The van der Waals surface area contributed by atoms with Crippen molar-refractivity contribution >= 4 is 23.7 Å². The van der Waals surface area contributed by atoms with Crippen LogP contribution in [0, 0.1) is 5.92 Å². The highest BCUT2D eigenvalue weighted by atomic mass is 16.5. The maximum atomic E-state index is 12.2.